The number of nitrogen functional groups attached to an aromatic ring is 1. The van der Waals surface area contributed by atoms with Crippen molar-refractivity contribution in [3.8, 4) is 11.4 Å². The molecule has 3 rings (SSSR count). The normalized spacial score (nSPS) is 11.2. The Hall–Kier alpha value is -2.30. The number of aromatic amines is 1. The minimum atomic E-state index is -0.249. The number of aromatic nitrogens is 3. The van der Waals surface area contributed by atoms with Crippen molar-refractivity contribution in [1.29, 1.82) is 0 Å². The summed E-state index contributed by atoms with van der Waals surface area (Å²) in [7, 11) is 1.82. The molecule has 1 aromatic carbocycles. The lowest BCUT2D eigenvalue weighted by molar-refractivity contribution is 0.630. The molecule has 2 heterocycles. The van der Waals surface area contributed by atoms with Gasteiger partial charge in [0.15, 0.2) is 0 Å². The maximum atomic E-state index is 13.1. The summed E-state index contributed by atoms with van der Waals surface area (Å²) in [6.07, 6.45) is 1.60. The number of aryl methyl sites for hydroxylation is 1. The summed E-state index contributed by atoms with van der Waals surface area (Å²) in [5.41, 5.74) is 8.96. The summed E-state index contributed by atoms with van der Waals surface area (Å²) in [5, 5.41) is 4.90. The molecule has 0 spiro atoms. The predicted octanol–water partition coefficient (Wildman–Crippen LogP) is 2.29. The third-order valence-electron chi connectivity index (χ3n) is 2.80. The lowest BCUT2D eigenvalue weighted by Gasteiger charge is -1.99. The van der Waals surface area contributed by atoms with Gasteiger partial charge in [-0.25, -0.2) is 4.39 Å². The van der Waals surface area contributed by atoms with Gasteiger partial charge in [0.2, 0.25) is 0 Å². The van der Waals surface area contributed by atoms with E-state index in [9.17, 15) is 4.39 Å². The maximum Gasteiger partial charge on any atom is 0.123 e. The van der Waals surface area contributed by atoms with E-state index < -0.39 is 0 Å². The fraction of sp³-hybridized carbons (Fsp3) is 0.0833. The first-order chi connectivity index (χ1) is 8.15. The van der Waals surface area contributed by atoms with Crippen LogP contribution in [0.1, 0.15) is 0 Å². The van der Waals surface area contributed by atoms with Crippen molar-refractivity contribution in [3.05, 3.63) is 36.3 Å². The second-order valence-electron chi connectivity index (χ2n) is 3.99. The number of H-pyrrole nitrogens is 1. The average molecular weight is 230 g/mol. The van der Waals surface area contributed by atoms with Crippen molar-refractivity contribution < 1.29 is 4.39 Å². The molecule has 0 unspecified atom stereocenters. The molecule has 0 aliphatic heterocycles. The molecule has 0 aliphatic rings. The molecular weight excluding hydrogens is 219 g/mol. The molecule has 0 saturated heterocycles. The zero-order valence-corrected chi connectivity index (χ0v) is 9.24. The monoisotopic (exact) mass is 230 g/mol. The van der Waals surface area contributed by atoms with E-state index in [1.165, 1.54) is 12.1 Å². The van der Waals surface area contributed by atoms with Gasteiger partial charge in [-0.3, -0.25) is 4.68 Å². The van der Waals surface area contributed by atoms with Gasteiger partial charge in [0, 0.05) is 18.0 Å². The largest absolute Gasteiger partial charge is 0.396 e. The van der Waals surface area contributed by atoms with Crippen LogP contribution in [0.15, 0.2) is 30.5 Å². The van der Waals surface area contributed by atoms with Crippen molar-refractivity contribution >= 4 is 16.6 Å². The van der Waals surface area contributed by atoms with Crippen LogP contribution in [-0.2, 0) is 7.05 Å². The highest BCUT2D eigenvalue weighted by Crippen LogP contribution is 2.28. The molecule has 3 aromatic rings. The van der Waals surface area contributed by atoms with E-state index in [4.69, 9.17) is 5.73 Å². The van der Waals surface area contributed by atoms with Gasteiger partial charge in [0.25, 0.3) is 0 Å². The van der Waals surface area contributed by atoms with Crippen LogP contribution in [0.3, 0.4) is 0 Å². The summed E-state index contributed by atoms with van der Waals surface area (Å²) in [5.74, 6) is -0.249. The Morgan fingerprint density at radius 3 is 2.88 bits per heavy atom. The quantitative estimate of drug-likeness (QED) is 0.673. The number of hydrogen-bond acceptors (Lipinski definition) is 2. The van der Waals surface area contributed by atoms with Gasteiger partial charge in [-0.05, 0) is 24.3 Å². The number of halogens is 1. The molecule has 0 atom stereocenters. The van der Waals surface area contributed by atoms with E-state index in [0.717, 1.165) is 22.3 Å². The molecule has 0 saturated carbocycles. The summed E-state index contributed by atoms with van der Waals surface area (Å²) < 4.78 is 14.8. The van der Waals surface area contributed by atoms with Crippen molar-refractivity contribution in [2.45, 2.75) is 0 Å². The van der Waals surface area contributed by atoms with Crippen LogP contribution in [0.2, 0.25) is 0 Å². The highest BCUT2D eigenvalue weighted by atomic mass is 19.1. The summed E-state index contributed by atoms with van der Waals surface area (Å²) in [6.45, 7) is 0. The fourth-order valence-electron chi connectivity index (χ4n) is 2.02. The Kier molecular flexibility index (Phi) is 1.95. The Labute approximate surface area is 96.9 Å². The zero-order valence-electron chi connectivity index (χ0n) is 9.24. The molecule has 2 aromatic heterocycles. The number of nitrogens with zero attached hydrogens (tertiary/aromatic N) is 2. The zero-order chi connectivity index (χ0) is 12.0. The number of rotatable bonds is 1. The van der Waals surface area contributed by atoms with Crippen molar-refractivity contribution in [2.75, 3.05) is 5.73 Å². The van der Waals surface area contributed by atoms with E-state index in [-0.39, 0.29) is 5.82 Å². The van der Waals surface area contributed by atoms with Crippen LogP contribution in [0.4, 0.5) is 10.1 Å². The van der Waals surface area contributed by atoms with E-state index >= 15 is 0 Å². The van der Waals surface area contributed by atoms with E-state index in [2.05, 4.69) is 10.1 Å². The van der Waals surface area contributed by atoms with Crippen molar-refractivity contribution in [3.63, 3.8) is 0 Å². The number of nitrogens with one attached hydrogen (secondary N) is 1. The summed E-state index contributed by atoms with van der Waals surface area (Å²) in [4.78, 5) is 3.20. The predicted molar refractivity (Wildman–Crippen MR) is 64.9 cm³/mol. The SMILES string of the molecule is Cn1ncc(N)c1-c1cc2cc(F)ccc2[nH]1. The van der Waals surface area contributed by atoms with Crippen LogP contribution in [-0.4, -0.2) is 14.8 Å². The highest BCUT2D eigenvalue weighted by Gasteiger charge is 2.11. The van der Waals surface area contributed by atoms with Crippen LogP contribution in [0, 0.1) is 5.82 Å². The van der Waals surface area contributed by atoms with Crippen LogP contribution in [0.5, 0.6) is 0 Å². The van der Waals surface area contributed by atoms with Gasteiger partial charge in [-0.1, -0.05) is 0 Å². The highest BCUT2D eigenvalue weighted by molar-refractivity contribution is 5.87. The fourth-order valence-corrected chi connectivity index (χ4v) is 2.02. The molecule has 0 bridgehead atoms. The molecule has 17 heavy (non-hydrogen) atoms. The molecule has 0 aliphatic carbocycles. The van der Waals surface area contributed by atoms with Gasteiger partial charge >= 0.3 is 0 Å². The van der Waals surface area contributed by atoms with Gasteiger partial charge in [-0.2, -0.15) is 5.10 Å². The number of hydrogen-bond donors (Lipinski definition) is 2. The summed E-state index contributed by atoms with van der Waals surface area (Å²) in [6, 6.07) is 6.49. The van der Waals surface area contributed by atoms with Crippen LogP contribution in [0.25, 0.3) is 22.3 Å². The van der Waals surface area contributed by atoms with E-state index in [0.29, 0.717) is 5.69 Å². The lowest BCUT2D eigenvalue weighted by atomic mass is 10.2. The lowest BCUT2D eigenvalue weighted by Crippen LogP contribution is -1.95. The Morgan fingerprint density at radius 1 is 1.35 bits per heavy atom. The third kappa shape index (κ3) is 1.47. The Balaban J connectivity index is 2.25. The maximum absolute atomic E-state index is 13.1. The first-order valence-electron chi connectivity index (χ1n) is 5.21. The first kappa shape index (κ1) is 9.89. The number of nitrogens with two attached hydrogens (primary N) is 1. The molecule has 0 fully saturated rings. The third-order valence-corrected chi connectivity index (χ3v) is 2.80. The molecule has 86 valence electrons. The standard InChI is InChI=1S/C12H11FN4/c1-17-12(9(14)6-15-17)11-5-7-4-8(13)2-3-10(7)16-11/h2-6,16H,14H2,1H3. The molecule has 4 nitrogen and oxygen atoms in total. The molecule has 3 N–H and O–H groups in total. The van der Waals surface area contributed by atoms with Crippen LogP contribution >= 0.6 is 0 Å². The van der Waals surface area contributed by atoms with Gasteiger partial charge in [0.1, 0.15) is 11.5 Å². The van der Waals surface area contributed by atoms with Crippen molar-refractivity contribution in [2.24, 2.45) is 7.05 Å². The second-order valence-corrected chi connectivity index (χ2v) is 3.99. The molecule has 0 radical (unpaired) electrons. The van der Waals surface area contributed by atoms with Gasteiger partial charge < -0.3 is 10.7 Å². The Morgan fingerprint density at radius 2 is 2.18 bits per heavy atom. The molecular formula is C12H11FN4. The number of benzene rings is 1. The van der Waals surface area contributed by atoms with Gasteiger partial charge in [-0.15, -0.1) is 0 Å². The van der Waals surface area contributed by atoms with Crippen LogP contribution < -0.4 is 5.73 Å². The number of fused-ring (bicyclic) bond motifs is 1. The van der Waals surface area contributed by atoms with E-state index in [1.54, 1.807) is 16.9 Å². The first-order valence-corrected chi connectivity index (χ1v) is 5.21. The molecule has 0 amide bonds. The topological polar surface area (TPSA) is 59.6 Å². The Bertz CT molecular complexity index is 676. The van der Waals surface area contributed by atoms with Crippen molar-refractivity contribution in [1.82, 2.24) is 14.8 Å². The summed E-state index contributed by atoms with van der Waals surface area (Å²) >= 11 is 0. The van der Waals surface area contributed by atoms with E-state index in [1.807, 2.05) is 13.1 Å². The molecule has 5 heteroatoms. The number of anilines is 1. The van der Waals surface area contributed by atoms with Gasteiger partial charge in [0.05, 0.1) is 17.6 Å². The minimum Gasteiger partial charge on any atom is -0.396 e. The smallest absolute Gasteiger partial charge is 0.123 e. The minimum absolute atomic E-state index is 0.249. The average Bonchev–Trinajstić information content (AvgIpc) is 2.81. The second kappa shape index (κ2) is 3.35.